The van der Waals surface area contributed by atoms with Gasteiger partial charge in [0.05, 0.1) is 0 Å². The van der Waals surface area contributed by atoms with E-state index in [4.69, 9.17) is 11.6 Å². The van der Waals surface area contributed by atoms with E-state index in [2.05, 4.69) is 57.3 Å². The summed E-state index contributed by atoms with van der Waals surface area (Å²) in [5.74, 6) is 1.36. The summed E-state index contributed by atoms with van der Waals surface area (Å²) in [5.41, 5.74) is 0. The topological polar surface area (TPSA) is 48.4 Å². The fraction of sp³-hybridized carbons (Fsp3) is 0.786. The van der Waals surface area contributed by atoms with Crippen molar-refractivity contribution in [2.75, 3.05) is 49.1 Å². The van der Waals surface area contributed by atoms with E-state index in [1.165, 1.54) is 0 Å². The van der Waals surface area contributed by atoms with E-state index in [1.54, 1.807) is 0 Å². The van der Waals surface area contributed by atoms with E-state index >= 15 is 0 Å². The molecule has 1 aromatic heterocycles. The van der Waals surface area contributed by atoms with Crippen LogP contribution in [0.4, 0.5) is 11.9 Å². The van der Waals surface area contributed by atoms with Crippen molar-refractivity contribution in [2.24, 2.45) is 0 Å². The van der Waals surface area contributed by atoms with Crippen molar-refractivity contribution in [3.8, 4) is 0 Å². The second-order valence-corrected chi connectivity index (χ2v) is 5.64. The van der Waals surface area contributed by atoms with Gasteiger partial charge < -0.3 is 9.80 Å². The van der Waals surface area contributed by atoms with Crippen LogP contribution in [0.15, 0.2) is 0 Å². The maximum Gasteiger partial charge on any atom is 0.231 e. The molecule has 21 heavy (non-hydrogen) atoms. The molecule has 2 rings (SSSR count). The molecule has 6 nitrogen and oxygen atoms in total. The molecule has 0 aromatic carbocycles. The summed E-state index contributed by atoms with van der Waals surface area (Å²) in [7, 11) is 0. The van der Waals surface area contributed by atoms with E-state index in [0.29, 0.717) is 17.9 Å². The highest BCUT2D eigenvalue weighted by Gasteiger charge is 2.25. The highest BCUT2D eigenvalue weighted by atomic mass is 35.5. The van der Waals surface area contributed by atoms with Crippen LogP contribution in [-0.2, 0) is 0 Å². The van der Waals surface area contributed by atoms with Crippen LogP contribution in [-0.4, -0.2) is 65.2 Å². The zero-order valence-electron chi connectivity index (χ0n) is 13.4. The molecule has 0 spiro atoms. The molecule has 1 aromatic rings. The molecule has 1 unspecified atom stereocenters. The summed E-state index contributed by atoms with van der Waals surface area (Å²) in [6.07, 6.45) is 0. The van der Waals surface area contributed by atoms with Gasteiger partial charge in [0, 0.05) is 38.8 Å². The van der Waals surface area contributed by atoms with Crippen LogP contribution in [0.3, 0.4) is 0 Å². The lowest BCUT2D eigenvalue weighted by Crippen LogP contribution is -2.52. The van der Waals surface area contributed by atoms with Crippen molar-refractivity contribution in [1.82, 2.24) is 19.9 Å². The molecule has 1 aliphatic heterocycles. The van der Waals surface area contributed by atoms with Crippen molar-refractivity contribution in [1.29, 1.82) is 0 Å². The molecule has 118 valence electrons. The highest BCUT2D eigenvalue weighted by molar-refractivity contribution is 6.28. The van der Waals surface area contributed by atoms with E-state index < -0.39 is 0 Å². The van der Waals surface area contributed by atoms with Gasteiger partial charge in [0.2, 0.25) is 17.2 Å². The van der Waals surface area contributed by atoms with Crippen LogP contribution in [0, 0.1) is 0 Å². The normalized spacial score (nSPS) is 19.9. The van der Waals surface area contributed by atoms with Crippen LogP contribution in [0.5, 0.6) is 0 Å². The predicted molar refractivity (Wildman–Crippen MR) is 87.3 cm³/mol. The first-order chi connectivity index (χ1) is 10.1. The Morgan fingerprint density at radius 1 is 1.14 bits per heavy atom. The van der Waals surface area contributed by atoms with E-state index in [0.717, 1.165) is 39.3 Å². The summed E-state index contributed by atoms with van der Waals surface area (Å²) in [6, 6.07) is 0.496. The SMILES string of the molecule is CCN(CC)c1nc(Cl)nc(N2CCN(CC)C(C)C2)n1. The molecule has 1 saturated heterocycles. The van der Waals surface area contributed by atoms with Gasteiger partial charge in [-0.25, -0.2) is 0 Å². The molecule has 7 heteroatoms. The Morgan fingerprint density at radius 2 is 1.86 bits per heavy atom. The number of halogens is 1. The monoisotopic (exact) mass is 312 g/mol. The van der Waals surface area contributed by atoms with Crippen molar-refractivity contribution in [3.05, 3.63) is 5.28 Å². The Balaban J connectivity index is 2.20. The average molecular weight is 313 g/mol. The number of aromatic nitrogens is 3. The predicted octanol–water partition coefficient (Wildman–Crippen LogP) is 1.90. The molecule has 1 fully saturated rings. The molecule has 1 atom stereocenters. The lowest BCUT2D eigenvalue weighted by molar-refractivity contribution is 0.198. The average Bonchev–Trinajstić information content (AvgIpc) is 2.48. The van der Waals surface area contributed by atoms with Crippen LogP contribution in [0.25, 0.3) is 0 Å². The van der Waals surface area contributed by atoms with Crippen LogP contribution in [0.2, 0.25) is 5.28 Å². The Kier molecular flexibility index (Phi) is 5.58. The third kappa shape index (κ3) is 3.74. The summed E-state index contributed by atoms with van der Waals surface area (Å²) in [4.78, 5) is 19.9. The van der Waals surface area contributed by atoms with Crippen molar-refractivity contribution >= 4 is 23.5 Å². The van der Waals surface area contributed by atoms with Gasteiger partial charge in [0.25, 0.3) is 0 Å². The minimum atomic E-state index is 0.271. The van der Waals surface area contributed by atoms with Crippen LogP contribution in [0.1, 0.15) is 27.7 Å². The van der Waals surface area contributed by atoms with Gasteiger partial charge >= 0.3 is 0 Å². The van der Waals surface area contributed by atoms with Crippen molar-refractivity contribution < 1.29 is 0 Å². The van der Waals surface area contributed by atoms with Gasteiger partial charge in [0.1, 0.15) is 0 Å². The van der Waals surface area contributed by atoms with Crippen molar-refractivity contribution in [3.63, 3.8) is 0 Å². The first kappa shape index (κ1) is 16.2. The second kappa shape index (κ2) is 7.22. The molecule has 0 radical (unpaired) electrons. The van der Waals surface area contributed by atoms with Gasteiger partial charge in [-0.1, -0.05) is 6.92 Å². The molecule has 0 bridgehead atoms. The fourth-order valence-corrected chi connectivity index (χ4v) is 2.92. The molecule has 0 amide bonds. The van der Waals surface area contributed by atoms with E-state index in [9.17, 15) is 0 Å². The molecular weight excluding hydrogens is 288 g/mol. The Bertz CT molecular complexity index is 465. The number of anilines is 2. The quantitative estimate of drug-likeness (QED) is 0.827. The number of hydrogen-bond acceptors (Lipinski definition) is 6. The maximum atomic E-state index is 6.09. The minimum absolute atomic E-state index is 0.271. The summed E-state index contributed by atoms with van der Waals surface area (Å²) in [5, 5.41) is 0.271. The fourth-order valence-electron chi connectivity index (χ4n) is 2.77. The Morgan fingerprint density at radius 3 is 2.43 bits per heavy atom. The van der Waals surface area contributed by atoms with Gasteiger partial charge in [-0.2, -0.15) is 15.0 Å². The van der Waals surface area contributed by atoms with Gasteiger partial charge in [-0.15, -0.1) is 0 Å². The Hall–Kier alpha value is -1.14. The van der Waals surface area contributed by atoms with E-state index in [1.807, 2.05) is 0 Å². The first-order valence-corrected chi connectivity index (χ1v) is 8.12. The lowest BCUT2D eigenvalue weighted by atomic mass is 10.2. The number of nitrogens with zero attached hydrogens (tertiary/aromatic N) is 6. The van der Waals surface area contributed by atoms with Gasteiger partial charge in [-0.05, 0) is 38.9 Å². The molecule has 0 N–H and O–H groups in total. The molecule has 2 heterocycles. The number of likely N-dealkylation sites (N-methyl/N-ethyl adjacent to an activating group) is 1. The maximum absolute atomic E-state index is 6.09. The smallest absolute Gasteiger partial charge is 0.231 e. The van der Waals surface area contributed by atoms with Gasteiger partial charge in [-0.3, -0.25) is 4.90 Å². The zero-order chi connectivity index (χ0) is 15.4. The summed E-state index contributed by atoms with van der Waals surface area (Å²) in [6.45, 7) is 14.3. The second-order valence-electron chi connectivity index (χ2n) is 5.30. The summed E-state index contributed by atoms with van der Waals surface area (Å²) < 4.78 is 0. The van der Waals surface area contributed by atoms with Crippen LogP contribution < -0.4 is 9.80 Å². The minimum Gasteiger partial charge on any atom is -0.341 e. The summed E-state index contributed by atoms with van der Waals surface area (Å²) >= 11 is 6.09. The third-order valence-corrected chi connectivity index (χ3v) is 4.25. The first-order valence-electron chi connectivity index (χ1n) is 7.74. The largest absolute Gasteiger partial charge is 0.341 e. The molecule has 0 aliphatic carbocycles. The van der Waals surface area contributed by atoms with Gasteiger partial charge in [0.15, 0.2) is 0 Å². The lowest BCUT2D eigenvalue weighted by Gasteiger charge is -2.39. The molecular formula is C14H25ClN6. The number of hydrogen-bond donors (Lipinski definition) is 0. The molecule has 0 saturated carbocycles. The standard InChI is InChI=1S/C14H25ClN6/c1-5-19(6-2)13-16-12(15)17-14(18-13)21-9-8-20(7-3)11(4)10-21/h11H,5-10H2,1-4H3. The number of rotatable bonds is 5. The van der Waals surface area contributed by atoms with Crippen LogP contribution >= 0.6 is 11.6 Å². The third-order valence-electron chi connectivity index (χ3n) is 4.08. The zero-order valence-corrected chi connectivity index (χ0v) is 14.1. The molecule has 1 aliphatic rings. The number of piperazine rings is 1. The van der Waals surface area contributed by atoms with Crippen molar-refractivity contribution in [2.45, 2.75) is 33.7 Å². The Labute approximate surface area is 132 Å². The highest BCUT2D eigenvalue weighted by Crippen LogP contribution is 2.19. The van der Waals surface area contributed by atoms with E-state index in [-0.39, 0.29) is 5.28 Å².